The van der Waals surface area contributed by atoms with Crippen LogP contribution in [-0.4, -0.2) is 31.1 Å². The maximum Gasteiger partial charge on any atom is 0.123 e. The van der Waals surface area contributed by atoms with Gasteiger partial charge in [0.2, 0.25) is 0 Å². The average molecular weight is 266 g/mol. The van der Waals surface area contributed by atoms with Crippen LogP contribution in [0.25, 0.3) is 0 Å². The van der Waals surface area contributed by atoms with Crippen LogP contribution in [0.1, 0.15) is 38.7 Å². The second-order valence-electron chi connectivity index (χ2n) is 5.54. The van der Waals surface area contributed by atoms with Crippen molar-refractivity contribution in [3.8, 4) is 0 Å². The summed E-state index contributed by atoms with van der Waals surface area (Å²) in [5.74, 6) is -0.148. The third-order valence-electron chi connectivity index (χ3n) is 3.11. The topological polar surface area (TPSA) is 15.3 Å². The van der Waals surface area contributed by atoms with E-state index in [1.54, 1.807) is 12.1 Å². The maximum absolute atomic E-state index is 13.0. The molecule has 0 aliphatic carbocycles. The molecule has 0 amide bonds. The zero-order valence-corrected chi connectivity index (χ0v) is 12.5. The van der Waals surface area contributed by atoms with Gasteiger partial charge in [0.25, 0.3) is 0 Å². The summed E-state index contributed by atoms with van der Waals surface area (Å²) in [7, 11) is 2.09. The number of hydrogen-bond acceptors (Lipinski definition) is 2. The molecule has 1 aromatic carbocycles. The Balaban J connectivity index is 2.09. The Morgan fingerprint density at radius 1 is 1.21 bits per heavy atom. The van der Waals surface area contributed by atoms with E-state index in [9.17, 15) is 4.39 Å². The predicted octanol–water partition coefficient (Wildman–Crippen LogP) is 3.43. The summed E-state index contributed by atoms with van der Waals surface area (Å²) in [6.07, 6.45) is 3.67. The van der Waals surface area contributed by atoms with E-state index in [2.05, 4.69) is 31.1 Å². The Labute approximate surface area is 117 Å². The highest BCUT2D eigenvalue weighted by Crippen LogP contribution is 2.07. The van der Waals surface area contributed by atoms with Gasteiger partial charge in [-0.1, -0.05) is 32.4 Å². The third-order valence-corrected chi connectivity index (χ3v) is 3.11. The number of halogens is 1. The highest BCUT2D eigenvalue weighted by molar-refractivity contribution is 5.15. The van der Waals surface area contributed by atoms with Crippen molar-refractivity contribution < 1.29 is 4.39 Å². The number of benzene rings is 1. The molecule has 0 aliphatic heterocycles. The van der Waals surface area contributed by atoms with Gasteiger partial charge in [-0.2, -0.15) is 0 Å². The number of hydrogen-bond donors (Lipinski definition) is 1. The molecule has 3 heteroatoms. The van der Waals surface area contributed by atoms with E-state index in [1.807, 2.05) is 6.07 Å². The normalized spacial score (nSPS) is 11.5. The van der Waals surface area contributed by atoms with Gasteiger partial charge in [-0.3, -0.25) is 0 Å². The zero-order chi connectivity index (χ0) is 14.1. The van der Waals surface area contributed by atoms with Crippen molar-refractivity contribution in [1.29, 1.82) is 0 Å². The van der Waals surface area contributed by atoms with Gasteiger partial charge in [-0.05, 0) is 50.7 Å². The molecule has 0 aliphatic rings. The first-order chi connectivity index (χ1) is 9.08. The van der Waals surface area contributed by atoms with Crippen molar-refractivity contribution >= 4 is 0 Å². The lowest BCUT2D eigenvalue weighted by Gasteiger charge is -2.16. The standard InChI is InChI=1S/C16H27FN2/c1-14(2)18-10-5-4-6-11-19(3)13-15-8-7-9-16(17)12-15/h7-9,12,14,18H,4-6,10-11,13H2,1-3H3. The van der Waals surface area contributed by atoms with Crippen LogP contribution in [-0.2, 0) is 6.54 Å². The van der Waals surface area contributed by atoms with Crippen molar-refractivity contribution in [3.63, 3.8) is 0 Å². The minimum absolute atomic E-state index is 0.148. The molecule has 0 bridgehead atoms. The number of rotatable bonds is 9. The van der Waals surface area contributed by atoms with Crippen LogP contribution < -0.4 is 5.32 Å². The zero-order valence-electron chi connectivity index (χ0n) is 12.5. The van der Waals surface area contributed by atoms with Gasteiger partial charge in [0.05, 0.1) is 0 Å². The molecular formula is C16H27FN2. The van der Waals surface area contributed by atoms with Crippen molar-refractivity contribution in [1.82, 2.24) is 10.2 Å². The van der Waals surface area contributed by atoms with Crippen LogP contribution in [0.15, 0.2) is 24.3 Å². The smallest absolute Gasteiger partial charge is 0.123 e. The van der Waals surface area contributed by atoms with Crippen molar-refractivity contribution in [2.45, 2.75) is 45.7 Å². The van der Waals surface area contributed by atoms with E-state index >= 15 is 0 Å². The minimum atomic E-state index is -0.148. The minimum Gasteiger partial charge on any atom is -0.315 e. The van der Waals surface area contributed by atoms with E-state index in [-0.39, 0.29) is 5.82 Å². The van der Waals surface area contributed by atoms with Crippen molar-refractivity contribution in [2.24, 2.45) is 0 Å². The molecule has 0 spiro atoms. The van der Waals surface area contributed by atoms with Gasteiger partial charge in [0, 0.05) is 12.6 Å². The lowest BCUT2D eigenvalue weighted by molar-refractivity contribution is 0.316. The number of nitrogens with zero attached hydrogens (tertiary/aromatic N) is 1. The Hall–Kier alpha value is -0.930. The summed E-state index contributed by atoms with van der Waals surface area (Å²) in [4.78, 5) is 2.25. The number of nitrogens with one attached hydrogen (secondary N) is 1. The molecule has 0 aromatic heterocycles. The SMILES string of the molecule is CC(C)NCCCCCN(C)Cc1cccc(F)c1. The van der Waals surface area contributed by atoms with Gasteiger partial charge >= 0.3 is 0 Å². The molecule has 0 saturated carbocycles. The quantitative estimate of drug-likeness (QED) is 0.689. The van der Waals surface area contributed by atoms with E-state index in [1.165, 1.54) is 25.3 Å². The van der Waals surface area contributed by atoms with E-state index in [4.69, 9.17) is 0 Å². The summed E-state index contributed by atoms with van der Waals surface area (Å²) < 4.78 is 13.0. The first-order valence-electron chi connectivity index (χ1n) is 7.24. The maximum atomic E-state index is 13.0. The van der Waals surface area contributed by atoms with Crippen molar-refractivity contribution in [2.75, 3.05) is 20.1 Å². The summed E-state index contributed by atoms with van der Waals surface area (Å²) in [5.41, 5.74) is 1.05. The molecule has 0 fully saturated rings. The first kappa shape index (κ1) is 16.1. The van der Waals surface area contributed by atoms with E-state index in [0.29, 0.717) is 6.04 Å². The van der Waals surface area contributed by atoms with Crippen LogP contribution in [0.4, 0.5) is 4.39 Å². The predicted molar refractivity (Wildman–Crippen MR) is 79.7 cm³/mol. The average Bonchev–Trinajstić information content (AvgIpc) is 2.33. The fourth-order valence-electron chi connectivity index (χ4n) is 2.10. The molecule has 0 unspecified atom stereocenters. The Bertz CT molecular complexity index is 352. The second kappa shape index (κ2) is 9.05. The molecular weight excluding hydrogens is 239 g/mol. The molecule has 1 rings (SSSR count). The molecule has 1 N–H and O–H groups in total. The third kappa shape index (κ3) is 7.96. The number of unbranched alkanes of at least 4 members (excludes halogenated alkanes) is 2. The van der Waals surface area contributed by atoms with Gasteiger partial charge in [0.15, 0.2) is 0 Å². The van der Waals surface area contributed by atoms with Crippen LogP contribution >= 0.6 is 0 Å². The molecule has 19 heavy (non-hydrogen) atoms. The van der Waals surface area contributed by atoms with E-state index in [0.717, 1.165) is 25.2 Å². The molecule has 108 valence electrons. The van der Waals surface area contributed by atoms with E-state index < -0.39 is 0 Å². The van der Waals surface area contributed by atoms with Crippen LogP contribution in [0.5, 0.6) is 0 Å². The largest absolute Gasteiger partial charge is 0.315 e. The Morgan fingerprint density at radius 3 is 2.68 bits per heavy atom. The van der Waals surface area contributed by atoms with Gasteiger partial charge in [-0.25, -0.2) is 4.39 Å². The highest BCUT2D eigenvalue weighted by Gasteiger charge is 2.01. The lowest BCUT2D eigenvalue weighted by atomic mass is 10.2. The van der Waals surface area contributed by atoms with Gasteiger partial charge < -0.3 is 10.2 Å². The van der Waals surface area contributed by atoms with Crippen LogP contribution in [0.2, 0.25) is 0 Å². The van der Waals surface area contributed by atoms with Crippen molar-refractivity contribution in [3.05, 3.63) is 35.6 Å². The fourth-order valence-corrected chi connectivity index (χ4v) is 2.10. The summed E-state index contributed by atoms with van der Waals surface area (Å²) >= 11 is 0. The second-order valence-corrected chi connectivity index (χ2v) is 5.54. The molecule has 0 atom stereocenters. The van der Waals surface area contributed by atoms with Gasteiger partial charge in [0.1, 0.15) is 5.82 Å². The van der Waals surface area contributed by atoms with Crippen LogP contribution in [0, 0.1) is 5.82 Å². The molecule has 0 saturated heterocycles. The first-order valence-corrected chi connectivity index (χ1v) is 7.24. The lowest BCUT2D eigenvalue weighted by Crippen LogP contribution is -2.24. The molecule has 2 nitrogen and oxygen atoms in total. The summed E-state index contributed by atoms with van der Waals surface area (Å²) in [6.45, 7) is 7.34. The Morgan fingerprint density at radius 2 is 2.00 bits per heavy atom. The Kier molecular flexibility index (Phi) is 7.68. The molecule has 0 heterocycles. The summed E-state index contributed by atoms with van der Waals surface area (Å²) in [5, 5.41) is 3.42. The monoisotopic (exact) mass is 266 g/mol. The summed E-state index contributed by atoms with van der Waals surface area (Å²) in [6, 6.07) is 7.44. The highest BCUT2D eigenvalue weighted by atomic mass is 19.1. The van der Waals surface area contributed by atoms with Crippen LogP contribution in [0.3, 0.4) is 0 Å². The molecule has 0 radical (unpaired) electrons. The molecule has 1 aromatic rings. The van der Waals surface area contributed by atoms with Gasteiger partial charge in [-0.15, -0.1) is 0 Å². The fraction of sp³-hybridized carbons (Fsp3) is 0.625.